The Bertz CT molecular complexity index is 601. The van der Waals surface area contributed by atoms with E-state index in [4.69, 9.17) is 5.11 Å². The van der Waals surface area contributed by atoms with Crippen LogP contribution in [-0.2, 0) is 4.79 Å². The van der Waals surface area contributed by atoms with Gasteiger partial charge < -0.3 is 10.4 Å². The van der Waals surface area contributed by atoms with E-state index >= 15 is 0 Å². The summed E-state index contributed by atoms with van der Waals surface area (Å²) in [6.45, 7) is 4.66. The smallest absolute Gasteiger partial charge is 0.338 e. The Labute approximate surface area is 189 Å². The van der Waals surface area contributed by atoms with E-state index in [1.807, 2.05) is 0 Å². The highest BCUT2D eigenvalue weighted by molar-refractivity contribution is 5.87. The fourth-order valence-corrected chi connectivity index (χ4v) is 3.81. The van der Waals surface area contributed by atoms with Gasteiger partial charge >= 0.3 is 5.97 Å². The van der Waals surface area contributed by atoms with E-state index in [-0.39, 0.29) is 11.5 Å². The Morgan fingerprint density at radius 3 is 1.74 bits per heavy atom. The number of amides is 1. The fraction of sp³-hybridized carbons (Fsp3) is 0.800. The van der Waals surface area contributed by atoms with Crippen molar-refractivity contribution in [2.45, 2.75) is 123 Å². The molecule has 1 heterocycles. The lowest BCUT2D eigenvalue weighted by molar-refractivity contribution is -0.124. The number of aromatic carboxylic acids is 1. The quantitative estimate of drug-likeness (QED) is 0.228. The van der Waals surface area contributed by atoms with Gasteiger partial charge in [0.15, 0.2) is 0 Å². The minimum Gasteiger partial charge on any atom is -0.478 e. The minimum absolute atomic E-state index is 0.0949. The maximum Gasteiger partial charge on any atom is 0.338 e. The van der Waals surface area contributed by atoms with Crippen LogP contribution in [0.1, 0.15) is 133 Å². The number of hydrogen-bond acceptors (Lipinski definition) is 3. The van der Waals surface area contributed by atoms with Gasteiger partial charge in [-0.2, -0.15) is 5.10 Å². The van der Waals surface area contributed by atoms with Crippen molar-refractivity contribution in [3.05, 3.63) is 18.0 Å². The molecule has 1 amide bonds. The molecule has 0 aliphatic carbocycles. The molecular weight excluding hydrogens is 390 g/mol. The van der Waals surface area contributed by atoms with Crippen LogP contribution in [0.2, 0.25) is 0 Å². The first-order valence-electron chi connectivity index (χ1n) is 12.6. The summed E-state index contributed by atoms with van der Waals surface area (Å²) in [5.74, 6) is -1.16. The van der Waals surface area contributed by atoms with E-state index in [9.17, 15) is 9.59 Å². The molecule has 0 saturated carbocycles. The number of rotatable bonds is 20. The lowest BCUT2D eigenvalue weighted by atomic mass is 10.0. The molecule has 6 nitrogen and oxygen atoms in total. The van der Waals surface area contributed by atoms with Crippen molar-refractivity contribution in [2.75, 3.05) is 6.54 Å². The number of hydrogen-bond donors (Lipinski definition) is 2. The Hall–Kier alpha value is -1.85. The molecule has 0 aromatic carbocycles. The third-order valence-corrected chi connectivity index (χ3v) is 5.95. The zero-order valence-electron chi connectivity index (χ0n) is 19.9. The van der Waals surface area contributed by atoms with Gasteiger partial charge in [-0.05, 0) is 13.3 Å². The maximum atomic E-state index is 12.2. The van der Waals surface area contributed by atoms with E-state index < -0.39 is 12.0 Å². The minimum atomic E-state index is -1.04. The number of unbranched alkanes of at least 4 members (excludes halogenated alkanes) is 15. The molecule has 1 unspecified atom stereocenters. The van der Waals surface area contributed by atoms with Crippen LogP contribution in [0.5, 0.6) is 0 Å². The SMILES string of the molecule is CCCCCCCCCCCCCCCCCCNC(=O)C(C)n1cc(C(=O)O)cn1. The molecule has 0 bridgehead atoms. The molecule has 0 spiro atoms. The van der Waals surface area contributed by atoms with Crippen molar-refractivity contribution in [1.29, 1.82) is 0 Å². The first-order chi connectivity index (χ1) is 15.1. The van der Waals surface area contributed by atoms with Gasteiger partial charge in [-0.1, -0.05) is 103 Å². The van der Waals surface area contributed by atoms with Gasteiger partial charge in [-0.15, -0.1) is 0 Å². The Morgan fingerprint density at radius 1 is 0.871 bits per heavy atom. The highest BCUT2D eigenvalue weighted by atomic mass is 16.4. The number of nitrogens with zero attached hydrogens (tertiary/aromatic N) is 2. The molecule has 178 valence electrons. The molecule has 1 atom stereocenters. The molecule has 0 fully saturated rings. The maximum absolute atomic E-state index is 12.2. The van der Waals surface area contributed by atoms with Crippen molar-refractivity contribution < 1.29 is 14.7 Å². The average molecular weight is 436 g/mol. The van der Waals surface area contributed by atoms with Gasteiger partial charge in [0.2, 0.25) is 5.91 Å². The van der Waals surface area contributed by atoms with Crippen molar-refractivity contribution in [3.63, 3.8) is 0 Å². The average Bonchev–Trinajstić information content (AvgIpc) is 3.26. The predicted octanol–water partition coefficient (Wildman–Crippen LogP) is 6.52. The number of nitrogens with one attached hydrogen (secondary N) is 1. The van der Waals surface area contributed by atoms with Crippen LogP contribution < -0.4 is 5.32 Å². The second kappa shape index (κ2) is 17.8. The van der Waals surface area contributed by atoms with Crippen LogP contribution in [0.4, 0.5) is 0 Å². The van der Waals surface area contributed by atoms with Gasteiger partial charge in [-0.3, -0.25) is 9.48 Å². The molecule has 1 aromatic heterocycles. The standard InChI is InChI=1S/C25H45N3O3/c1-3-4-5-6-7-8-9-10-11-12-13-14-15-16-17-18-19-26-24(29)22(2)28-21-23(20-27-28)25(30)31/h20-22H,3-19H2,1-2H3,(H,26,29)(H,30,31). The zero-order chi connectivity index (χ0) is 22.7. The Morgan fingerprint density at radius 2 is 1.32 bits per heavy atom. The zero-order valence-corrected chi connectivity index (χ0v) is 19.9. The molecule has 0 saturated heterocycles. The second-order valence-electron chi connectivity index (χ2n) is 8.78. The van der Waals surface area contributed by atoms with Crippen LogP contribution in [-0.4, -0.2) is 33.3 Å². The molecule has 0 aliphatic heterocycles. The topological polar surface area (TPSA) is 84.2 Å². The predicted molar refractivity (Wildman–Crippen MR) is 126 cm³/mol. The molecule has 1 rings (SSSR count). The lowest BCUT2D eigenvalue weighted by Gasteiger charge is -2.12. The number of carboxylic acid groups (broad SMARTS) is 1. The summed E-state index contributed by atoms with van der Waals surface area (Å²) in [6.07, 6.45) is 24.0. The van der Waals surface area contributed by atoms with Crippen molar-refractivity contribution >= 4 is 11.9 Å². The van der Waals surface area contributed by atoms with Crippen molar-refractivity contribution in [3.8, 4) is 0 Å². The summed E-state index contributed by atoms with van der Waals surface area (Å²) < 4.78 is 1.40. The largest absolute Gasteiger partial charge is 0.478 e. The monoisotopic (exact) mass is 435 g/mol. The van der Waals surface area contributed by atoms with Crippen LogP contribution in [0.25, 0.3) is 0 Å². The van der Waals surface area contributed by atoms with Gasteiger partial charge in [0.1, 0.15) is 6.04 Å². The molecule has 0 aliphatic rings. The highest BCUT2D eigenvalue weighted by Crippen LogP contribution is 2.13. The van der Waals surface area contributed by atoms with Crippen LogP contribution in [0.3, 0.4) is 0 Å². The molecule has 2 N–H and O–H groups in total. The Balaban J connectivity index is 1.87. The van der Waals surface area contributed by atoms with Crippen LogP contribution in [0.15, 0.2) is 12.4 Å². The summed E-state index contributed by atoms with van der Waals surface area (Å²) in [5, 5.41) is 15.8. The van der Waals surface area contributed by atoms with Crippen molar-refractivity contribution in [2.24, 2.45) is 0 Å². The lowest BCUT2D eigenvalue weighted by Crippen LogP contribution is -2.31. The van der Waals surface area contributed by atoms with Crippen molar-refractivity contribution in [1.82, 2.24) is 15.1 Å². The van der Waals surface area contributed by atoms with E-state index in [1.165, 1.54) is 107 Å². The highest BCUT2D eigenvalue weighted by Gasteiger charge is 2.16. The molecule has 6 heteroatoms. The normalized spacial score (nSPS) is 12.1. The molecule has 1 aromatic rings. The number of carbonyl (C=O) groups is 2. The summed E-state index contributed by atoms with van der Waals surface area (Å²) in [7, 11) is 0. The van der Waals surface area contributed by atoms with Crippen LogP contribution >= 0.6 is 0 Å². The molecule has 0 radical (unpaired) electrons. The van der Waals surface area contributed by atoms with E-state index in [2.05, 4.69) is 17.3 Å². The number of carbonyl (C=O) groups excluding carboxylic acids is 1. The van der Waals surface area contributed by atoms with Gasteiger partial charge in [0.05, 0.1) is 11.8 Å². The molecular formula is C25H45N3O3. The van der Waals surface area contributed by atoms with E-state index in [0.29, 0.717) is 6.54 Å². The Kier molecular flexibility index (Phi) is 15.6. The molecule has 31 heavy (non-hydrogen) atoms. The summed E-state index contributed by atoms with van der Waals surface area (Å²) in [5.41, 5.74) is 0.0949. The van der Waals surface area contributed by atoms with Gasteiger partial charge in [0, 0.05) is 12.7 Å². The summed E-state index contributed by atoms with van der Waals surface area (Å²) in [6, 6.07) is -0.505. The summed E-state index contributed by atoms with van der Waals surface area (Å²) >= 11 is 0. The third kappa shape index (κ3) is 13.2. The van der Waals surface area contributed by atoms with E-state index in [1.54, 1.807) is 6.92 Å². The first-order valence-corrected chi connectivity index (χ1v) is 12.6. The summed E-state index contributed by atoms with van der Waals surface area (Å²) in [4.78, 5) is 23.1. The van der Waals surface area contributed by atoms with E-state index in [0.717, 1.165) is 12.8 Å². The van der Waals surface area contributed by atoms with Gasteiger partial charge in [-0.25, -0.2) is 4.79 Å². The fourth-order valence-electron chi connectivity index (χ4n) is 3.81. The van der Waals surface area contributed by atoms with Gasteiger partial charge in [0.25, 0.3) is 0 Å². The van der Waals surface area contributed by atoms with Crippen LogP contribution in [0, 0.1) is 0 Å². The number of carboxylic acids is 1. The number of aromatic nitrogens is 2. The second-order valence-corrected chi connectivity index (χ2v) is 8.78. The third-order valence-electron chi connectivity index (χ3n) is 5.95. The first kappa shape index (κ1) is 27.2.